The molecule has 2 unspecified atom stereocenters. The molecule has 1 aromatic rings. The zero-order chi connectivity index (χ0) is 16.4. The van der Waals surface area contributed by atoms with E-state index in [1.807, 2.05) is 13.8 Å². The van der Waals surface area contributed by atoms with Gasteiger partial charge in [-0.3, -0.25) is 0 Å². The summed E-state index contributed by atoms with van der Waals surface area (Å²) in [5.74, 6) is -5.62. The number of allylic oxidation sites excluding steroid dienone is 1. The summed E-state index contributed by atoms with van der Waals surface area (Å²) in [6.45, 7) is 6.65. The average molecular weight is 298 g/mol. The van der Waals surface area contributed by atoms with Gasteiger partial charge in [-0.05, 0) is 11.2 Å². The predicted molar refractivity (Wildman–Crippen MR) is 78.2 cm³/mol. The van der Waals surface area contributed by atoms with E-state index in [0.717, 1.165) is 12.5 Å². The number of hydrogen-bond acceptors (Lipinski definition) is 0. The molecule has 0 fully saturated rings. The van der Waals surface area contributed by atoms with Crippen molar-refractivity contribution < 1.29 is 17.6 Å². The highest BCUT2D eigenvalue weighted by atomic mass is 19.2. The quantitative estimate of drug-likeness (QED) is 0.403. The van der Waals surface area contributed by atoms with E-state index >= 15 is 0 Å². The molecule has 114 valence electrons. The van der Waals surface area contributed by atoms with Crippen molar-refractivity contribution in [2.45, 2.75) is 45.9 Å². The Labute approximate surface area is 124 Å². The van der Waals surface area contributed by atoms with Crippen molar-refractivity contribution in [1.29, 1.82) is 0 Å². The maximum Gasteiger partial charge on any atom is 0.169 e. The Morgan fingerprint density at radius 3 is 1.90 bits per heavy atom. The molecule has 21 heavy (non-hydrogen) atoms. The summed E-state index contributed by atoms with van der Waals surface area (Å²) >= 11 is 0. The third-order valence-electron chi connectivity index (χ3n) is 3.84. The van der Waals surface area contributed by atoms with Gasteiger partial charge in [0.1, 0.15) is 0 Å². The third-order valence-corrected chi connectivity index (χ3v) is 3.84. The fourth-order valence-corrected chi connectivity index (χ4v) is 1.87. The Hall–Kier alpha value is -1.26. The van der Waals surface area contributed by atoms with Gasteiger partial charge >= 0.3 is 0 Å². The Balaban J connectivity index is 3.51. The molecule has 2 atom stereocenters. The first-order valence-corrected chi connectivity index (χ1v) is 7.00. The van der Waals surface area contributed by atoms with Crippen LogP contribution in [0.15, 0.2) is 6.08 Å². The minimum absolute atomic E-state index is 0.0463. The Kier molecular flexibility index (Phi) is 5.65. The van der Waals surface area contributed by atoms with Crippen molar-refractivity contribution >= 4 is 13.9 Å². The lowest BCUT2D eigenvalue weighted by Gasteiger charge is -2.26. The molecule has 0 spiro atoms. The second-order valence-corrected chi connectivity index (χ2v) is 5.56. The number of rotatable bonds is 5. The highest BCUT2D eigenvalue weighted by molar-refractivity contribution is 6.15. The molecule has 0 aliphatic carbocycles. The molecule has 0 aromatic heterocycles. The topological polar surface area (TPSA) is 0 Å². The van der Waals surface area contributed by atoms with Gasteiger partial charge in [-0.25, -0.2) is 17.6 Å². The molecule has 0 saturated carbocycles. The molecule has 0 bridgehead atoms. The summed E-state index contributed by atoms with van der Waals surface area (Å²) in [6.07, 6.45) is 3.48. The maximum atomic E-state index is 14.1. The van der Waals surface area contributed by atoms with Gasteiger partial charge in [0.15, 0.2) is 23.3 Å². The molecule has 1 rings (SSSR count). The summed E-state index contributed by atoms with van der Waals surface area (Å²) in [6, 6.07) is 0. The van der Waals surface area contributed by atoms with E-state index in [4.69, 9.17) is 7.85 Å². The summed E-state index contributed by atoms with van der Waals surface area (Å²) < 4.78 is 56.3. The van der Waals surface area contributed by atoms with Crippen LogP contribution in [0.5, 0.6) is 0 Å². The van der Waals surface area contributed by atoms with Crippen molar-refractivity contribution in [3.05, 3.63) is 40.5 Å². The third kappa shape index (κ3) is 3.50. The molecule has 0 aliphatic heterocycles. The lowest BCUT2D eigenvalue weighted by molar-refractivity contribution is 0.415. The molecule has 0 saturated heterocycles. The number of halogens is 4. The zero-order valence-corrected chi connectivity index (χ0v) is 12.7. The predicted octanol–water partition coefficient (Wildman–Crippen LogP) is 5.10. The normalized spacial score (nSPS) is 16.2. The van der Waals surface area contributed by atoms with E-state index in [0.29, 0.717) is 0 Å². The lowest BCUT2D eigenvalue weighted by atomic mass is 9.63. The van der Waals surface area contributed by atoms with Crippen LogP contribution in [-0.4, -0.2) is 7.85 Å². The van der Waals surface area contributed by atoms with Crippen LogP contribution >= 0.6 is 0 Å². The molecule has 0 nitrogen and oxygen atoms in total. The van der Waals surface area contributed by atoms with Gasteiger partial charge in [-0.15, -0.1) is 0 Å². The fraction of sp³-hybridized carbons (Fsp3) is 0.500. The molecule has 5 heteroatoms. The van der Waals surface area contributed by atoms with Gasteiger partial charge in [0, 0.05) is 5.56 Å². The summed E-state index contributed by atoms with van der Waals surface area (Å²) in [5.41, 5.74) is -1.46. The molecule has 0 heterocycles. The smallest absolute Gasteiger partial charge is 0.169 e. The van der Waals surface area contributed by atoms with Gasteiger partial charge in [0.05, 0.1) is 13.4 Å². The minimum Gasteiger partial charge on any atom is -0.203 e. The average Bonchev–Trinajstić information content (AvgIpc) is 2.44. The van der Waals surface area contributed by atoms with E-state index < -0.39 is 39.7 Å². The van der Waals surface area contributed by atoms with Crippen molar-refractivity contribution in [1.82, 2.24) is 0 Å². The summed E-state index contributed by atoms with van der Waals surface area (Å²) in [7, 11) is 5.74. The van der Waals surface area contributed by atoms with Gasteiger partial charge in [0.25, 0.3) is 0 Å². The van der Waals surface area contributed by atoms with Crippen LogP contribution in [-0.2, 0) is 5.31 Å². The van der Waals surface area contributed by atoms with Crippen molar-refractivity contribution in [3.8, 4) is 0 Å². The zero-order valence-electron chi connectivity index (χ0n) is 12.7. The van der Waals surface area contributed by atoms with Crippen molar-refractivity contribution in [3.63, 3.8) is 0 Å². The Morgan fingerprint density at radius 2 is 1.52 bits per heavy atom. The van der Waals surface area contributed by atoms with Crippen LogP contribution in [0.4, 0.5) is 17.6 Å². The van der Waals surface area contributed by atoms with Crippen LogP contribution in [0.3, 0.4) is 0 Å². The van der Waals surface area contributed by atoms with Gasteiger partial charge < -0.3 is 0 Å². The molecule has 0 amide bonds. The van der Waals surface area contributed by atoms with E-state index in [1.165, 1.54) is 13.0 Å². The SMILES string of the molecule is [B]C(C)(CC)c1c(F)c(F)c(/C=C/C(C)CC)c(F)c1F. The first-order chi connectivity index (χ1) is 9.67. The van der Waals surface area contributed by atoms with Gasteiger partial charge in [-0.2, -0.15) is 0 Å². The van der Waals surface area contributed by atoms with Crippen molar-refractivity contribution in [2.75, 3.05) is 0 Å². The Bertz CT molecular complexity index is 521. The summed E-state index contributed by atoms with van der Waals surface area (Å²) in [4.78, 5) is 0. The lowest BCUT2D eigenvalue weighted by Crippen LogP contribution is -2.26. The van der Waals surface area contributed by atoms with Crippen LogP contribution in [0, 0.1) is 29.2 Å². The van der Waals surface area contributed by atoms with Gasteiger partial charge in [-0.1, -0.05) is 52.7 Å². The second-order valence-electron chi connectivity index (χ2n) is 5.56. The fourth-order valence-electron chi connectivity index (χ4n) is 1.87. The first kappa shape index (κ1) is 17.8. The molecular formula is C16H19BF4. The Morgan fingerprint density at radius 1 is 1.05 bits per heavy atom. The van der Waals surface area contributed by atoms with Crippen LogP contribution in [0.1, 0.15) is 51.7 Å². The molecule has 1 aromatic carbocycles. The van der Waals surface area contributed by atoms with E-state index in [9.17, 15) is 17.6 Å². The van der Waals surface area contributed by atoms with Crippen LogP contribution in [0.2, 0.25) is 0 Å². The minimum atomic E-state index is -1.48. The molecule has 2 radical (unpaired) electrons. The van der Waals surface area contributed by atoms with E-state index in [2.05, 4.69) is 0 Å². The summed E-state index contributed by atoms with van der Waals surface area (Å²) in [5, 5.41) is -1.48. The number of benzene rings is 1. The van der Waals surface area contributed by atoms with Crippen LogP contribution in [0.25, 0.3) is 6.08 Å². The highest BCUT2D eigenvalue weighted by Gasteiger charge is 2.32. The number of hydrogen-bond donors (Lipinski definition) is 0. The van der Waals surface area contributed by atoms with Crippen molar-refractivity contribution in [2.24, 2.45) is 5.92 Å². The monoisotopic (exact) mass is 298 g/mol. The second kappa shape index (κ2) is 6.67. The largest absolute Gasteiger partial charge is 0.203 e. The van der Waals surface area contributed by atoms with E-state index in [-0.39, 0.29) is 12.3 Å². The van der Waals surface area contributed by atoms with Gasteiger partial charge in [0.2, 0.25) is 0 Å². The molecule has 0 aliphatic rings. The standard InChI is InChI=1S/C16H19BF4/c1-5-9(3)7-8-10-12(18)14(20)11(15(21)13(10)19)16(4,17)6-2/h7-9H,5-6H2,1-4H3/b8-7+. The van der Waals surface area contributed by atoms with Crippen LogP contribution < -0.4 is 0 Å². The molecule has 0 N–H and O–H groups in total. The molecular weight excluding hydrogens is 279 g/mol. The highest BCUT2D eigenvalue weighted by Crippen LogP contribution is 2.34. The first-order valence-electron chi connectivity index (χ1n) is 7.00. The maximum absolute atomic E-state index is 14.1. The van der Waals surface area contributed by atoms with E-state index in [1.54, 1.807) is 6.92 Å².